The fraction of sp³-hybridized carbons (Fsp3) is 0.250. The molecule has 0 aromatic heterocycles. The summed E-state index contributed by atoms with van der Waals surface area (Å²) in [4.78, 5) is 1.72. The van der Waals surface area contributed by atoms with Crippen LogP contribution in [0.5, 0.6) is 5.75 Å². The molecular weight excluding hydrogens is 315 g/mol. The van der Waals surface area contributed by atoms with E-state index in [4.69, 9.17) is 22.7 Å². The van der Waals surface area contributed by atoms with Gasteiger partial charge >= 0.3 is 0 Å². The average molecular weight is 332 g/mol. The number of thiocarbonyl (C=S) groups is 1. The Hall–Kier alpha value is -2.59. The molecule has 1 atom stereocenters. The molecule has 23 heavy (non-hydrogen) atoms. The molecule has 1 aromatic rings. The highest BCUT2D eigenvalue weighted by atomic mass is 32.1. The molecule has 120 valence electrons. The van der Waals surface area contributed by atoms with Gasteiger partial charge in [-0.2, -0.15) is 5.26 Å². The second kappa shape index (κ2) is 7.11. The third kappa shape index (κ3) is 3.60. The number of nitriles is 1. The molecular formula is C16H17FN4OS. The van der Waals surface area contributed by atoms with Gasteiger partial charge < -0.3 is 20.7 Å². The average Bonchev–Trinajstić information content (AvgIpc) is 2.54. The lowest BCUT2D eigenvalue weighted by molar-refractivity contribution is 0.234. The third-order valence-electron chi connectivity index (χ3n) is 3.55. The first-order valence-electron chi connectivity index (χ1n) is 6.95. The highest BCUT2D eigenvalue weighted by Crippen LogP contribution is 2.24. The quantitative estimate of drug-likeness (QED) is 0.801. The highest BCUT2D eigenvalue weighted by molar-refractivity contribution is 7.80. The van der Waals surface area contributed by atoms with Gasteiger partial charge in [-0.05, 0) is 42.9 Å². The van der Waals surface area contributed by atoms with Crippen LogP contribution in [-0.2, 0) is 6.42 Å². The van der Waals surface area contributed by atoms with Gasteiger partial charge in [0.15, 0.2) is 5.11 Å². The maximum absolute atomic E-state index is 14.0. The Morgan fingerprint density at radius 1 is 1.52 bits per heavy atom. The third-order valence-corrected chi connectivity index (χ3v) is 3.65. The number of hydrogen-bond acceptors (Lipinski definition) is 4. The molecule has 0 bridgehead atoms. The summed E-state index contributed by atoms with van der Waals surface area (Å²) < 4.78 is 19.2. The molecule has 1 heterocycles. The molecule has 0 saturated heterocycles. The summed E-state index contributed by atoms with van der Waals surface area (Å²) in [7, 11) is 1.50. The molecule has 3 N–H and O–H groups in total. The molecule has 0 spiro atoms. The summed E-state index contributed by atoms with van der Waals surface area (Å²) in [5, 5.41) is 12.4. The summed E-state index contributed by atoms with van der Waals surface area (Å²) in [6.45, 7) is 0.376. The van der Waals surface area contributed by atoms with E-state index in [1.54, 1.807) is 41.5 Å². The second-order valence-corrected chi connectivity index (χ2v) is 5.37. The van der Waals surface area contributed by atoms with E-state index in [-0.39, 0.29) is 10.9 Å². The molecule has 1 aliphatic rings. The fourth-order valence-corrected chi connectivity index (χ4v) is 2.60. The van der Waals surface area contributed by atoms with Crippen molar-refractivity contribution in [1.82, 2.24) is 10.2 Å². The maximum atomic E-state index is 14.0. The van der Waals surface area contributed by atoms with Crippen molar-refractivity contribution >= 4 is 17.3 Å². The molecule has 7 heteroatoms. The van der Waals surface area contributed by atoms with E-state index in [0.717, 1.165) is 0 Å². The largest absolute Gasteiger partial charge is 0.496 e. The van der Waals surface area contributed by atoms with Crippen molar-refractivity contribution in [3.8, 4) is 11.8 Å². The van der Waals surface area contributed by atoms with E-state index in [0.29, 0.717) is 24.3 Å². The van der Waals surface area contributed by atoms with Gasteiger partial charge in [0.25, 0.3) is 0 Å². The van der Waals surface area contributed by atoms with Crippen molar-refractivity contribution < 1.29 is 9.13 Å². The Labute approximate surface area is 139 Å². The predicted molar refractivity (Wildman–Crippen MR) is 89.9 cm³/mol. The van der Waals surface area contributed by atoms with E-state index >= 15 is 0 Å². The van der Waals surface area contributed by atoms with Crippen LogP contribution in [0.4, 0.5) is 4.39 Å². The molecule has 1 aliphatic heterocycles. The minimum absolute atomic E-state index is 0.0139. The van der Waals surface area contributed by atoms with Crippen LogP contribution < -0.4 is 15.8 Å². The molecule has 5 nitrogen and oxygen atoms in total. The van der Waals surface area contributed by atoms with Crippen molar-refractivity contribution in [3.63, 3.8) is 0 Å². The van der Waals surface area contributed by atoms with Crippen LogP contribution in [0.1, 0.15) is 5.56 Å². The SMILES string of the molecule is COc1cccc(F)c1CCN1C=CC=CC1(C#N)NC(N)=S. The lowest BCUT2D eigenvalue weighted by Gasteiger charge is -2.38. The number of rotatable bonds is 5. The standard InChI is InChI=1S/C16H17FN4OS/c1-22-14-6-4-5-13(17)12(14)7-10-21-9-3-2-8-16(21,11-18)20-15(19)23/h2-6,8-9H,7,10H2,1H3,(H3,19,20,23). The zero-order valence-corrected chi connectivity index (χ0v) is 13.4. The minimum Gasteiger partial charge on any atom is -0.496 e. The number of ether oxygens (including phenoxy) is 1. The monoisotopic (exact) mass is 332 g/mol. The molecule has 0 fully saturated rings. The van der Waals surface area contributed by atoms with Crippen LogP contribution in [0.25, 0.3) is 0 Å². The summed E-state index contributed by atoms with van der Waals surface area (Å²) in [6.07, 6.45) is 7.27. The van der Waals surface area contributed by atoms with Crippen LogP contribution >= 0.6 is 12.2 Å². The van der Waals surface area contributed by atoms with Crippen molar-refractivity contribution in [2.45, 2.75) is 12.1 Å². The number of nitrogens with two attached hydrogens (primary N) is 1. The second-order valence-electron chi connectivity index (χ2n) is 4.93. The molecule has 1 aromatic carbocycles. The van der Waals surface area contributed by atoms with Crippen molar-refractivity contribution in [2.75, 3.05) is 13.7 Å². The van der Waals surface area contributed by atoms with Gasteiger partial charge in [0, 0.05) is 18.3 Å². The van der Waals surface area contributed by atoms with Crippen LogP contribution in [0.2, 0.25) is 0 Å². The molecule has 1 unspecified atom stereocenters. The zero-order chi connectivity index (χ0) is 16.9. The number of nitrogens with zero attached hydrogens (tertiary/aromatic N) is 2. The smallest absolute Gasteiger partial charge is 0.221 e. The summed E-state index contributed by atoms with van der Waals surface area (Å²) >= 11 is 4.86. The Balaban J connectivity index is 2.22. The molecule has 0 amide bonds. The van der Waals surface area contributed by atoms with E-state index in [1.165, 1.54) is 13.2 Å². The van der Waals surface area contributed by atoms with E-state index in [1.807, 2.05) is 0 Å². The molecule has 0 radical (unpaired) electrons. The Morgan fingerprint density at radius 2 is 2.30 bits per heavy atom. The Bertz CT molecular complexity index is 698. The zero-order valence-electron chi connectivity index (χ0n) is 12.6. The highest BCUT2D eigenvalue weighted by Gasteiger charge is 2.34. The van der Waals surface area contributed by atoms with Crippen LogP contribution in [0.3, 0.4) is 0 Å². The number of methoxy groups -OCH3 is 1. The van der Waals surface area contributed by atoms with Crippen molar-refractivity contribution in [2.24, 2.45) is 5.73 Å². The van der Waals surface area contributed by atoms with E-state index < -0.39 is 5.66 Å². The Morgan fingerprint density at radius 3 is 2.96 bits per heavy atom. The van der Waals surface area contributed by atoms with Gasteiger partial charge in [0.05, 0.1) is 7.11 Å². The van der Waals surface area contributed by atoms with Gasteiger partial charge in [-0.1, -0.05) is 12.1 Å². The number of allylic oxidation sites excluding steroid dienone is 2. The first-order valence-corrected chi connectivity index (χ1v) is 7.36. The lowest BCUT2D eigenvalue weighted by atomic mass is 10.0. The molecule has 2 rings (SSSR count). The summed E-state index contributed by atoms with van der Waals surface area (Å²) in [6, 6.07) is 6.84. The van der Waals surface area contributed by atoms with Gasteiger partial charge in [-0.25, -0.2) is 4.39 Å². The lowest BCUT2D eigenvalue weighted by Crippen LogP contribution is -2.59. The number of hydrogen-bond donors (Lipinski definition) is 2. The first-order chi connectivity index (χ1) is 11.0. The number of nitrogens with one attached hydrogen (secondary N) is 1. The molecule has 0 aliphatic carbocycles. The fourth-order valence-electron chi connectivity index (χ4n) is 2.45. The van der Waals surface area contributed by atoms with Crippen LogP contribution in [-0.4, -0.2) is 29.3 Å². The number of benzene rings is 1. The van der Waals surface area contributed by atoms with Gasteiger partial charge in [-0.3, -0.25) is 0 Å². The number of halogens is 1. The summed E-state index contributed by atoms with van der Waals surface area (Å²) in [5.41, 5.74) is 4.80. The minimum atomic E-state index is -1.18. The first kappa shape index (κ1) is 16.8. The van der Waals surface area contributed by atoms with Crippen molar-refractivity contribution in [3.05, 3.63) is 54.0 Å². The van der Waals surface area contributed by atoms with Gasteiger partial charge in [0.2, 0.25) is 5.66 Å². The van der Waals surface area contributed by atoms with E-state index in [2.05, 4.69) is 11.4 Å². The maximum Gasteiger partial charge on any atom is 0.221 e. The van der Waals surface area contributed by atoms with Crippen molar-refractivity contribution in [1.29, 1.82) is 5.26 Å². The van der Waals surface area contributed by atoms with Crippen LogP contribution in [0, 0.1) is 17.1 Å². The van der Waals surface area contributed by atoms with Gasteiger partial charge in [0.1, 0.15) is 17.6 Å². The van der Waals surface area contributed by atoms with Gasteiger partial charge in [-0.15, -0.1) is 0 Å². The normalized spacial score (nSPS) is 19.3. The van der Waals surface area contributed by atoms with Crippen LogP contribution in [0.15, 0.2) is 42.6 Å². The topological polar surface area (TPSA) is 74.3 Å². The summed E-state index contributed by atoms with van der Waals surface area (Å²) in [5.74, 6) is 0.136. The van der Waals surface area contributed by atoms with E-state index in [9.17, 15) is 9.65 Å². The Kier molecular flexibility index (Phi) is 5.19. The molecule has 0 saturated carbocycles. The predicted octanol–water partition coefficient (Wildman–Crippen LogP) is 1.82.